The van der Waals surface area contributed by atoms with Crippen LogP contribution in [0.25, 0.3) is 0 Å². The Morgan fingerprint density at radius 1 is 1.64 bits per heavy atom. The van der Waals surface area contributed by atoms with E-state index in [1.54, 1.807) is 0 Å². The van der Waals surface area contributed by atoms with Gasteiger partial charge in [-0.3, -0.25) is 4.79 Å². The van der Waals surface area contributed by atoms with Crippen LogP contribution in [0.4, 0.5) is 0 Å². The zero-order chi connectivity index (χ0) is 9.28. The van der Waals surface area contributed by atoms with Crippen LogP contribution in [0.5, 0.6) is 0 Å². The van der Waals surface area contributed by atoms with E-state index in [1.165, 1.54) is 19.8 Å². The summed E-state index contributed by atoms with van der Waals surface area (Å²) in [5, 5.41) is 7.87. The summed E-state index contributed by atoms with van der Waals surface area (Å²) in [6, 6.07) is -0.731. The first-order valence-corrected chi connectivity index (χ1v) is 3.74. The van der Waals surface area contributed by atoms with Crippen LogP contribution in [0.3, 0.4) is 0 Å². The maximum Gasteiger partial charge on any atom is 0.320 e. The maximum atomic E-state index is 9.57. The second kappa shape index (κ2) is 9.39. The van der Waals surface area contributed by atoms with E-state index in [0.29, 0.717) is 0 Å². The average Bonchev–Trinajstić information content (AvgIpc) is 1.90. The molecule has 0 spiro atoms. The third kappa shape index (κ3) is 17.7. The van der Waals surface area contributed by atoms with Crippen LogP contribution in [-0.2, 0) is 4.79 Å². The highest BCUT2D eigenvalue weighted by Crippen LogP contribution is 1.77. The Hall–Kier alpha value is -0.610. The van der Waals surface area contributed by atoms with Gasteiger partial charge in [0.25, 0.3) is 0 Å². The Morgan fingerprint density at radius 3 is 2.00 bits per heavy atom. The van der Waals surface area contributed by atoms with Gasteiger partial charge in [0.05, 0.1) is 0 Å². The molecule has 0 saturated carbocycles. The molecular weight excluding hydrogens is 144 g/mol. The minimum Gasteiger partial charge on any atom is -0.480 e. The van der Waals surface area contributed by atoms with Crippen LogP contribution < -0.4 is 11.5 Å². The van der Waals surface area contributed by atoms with Crippen molar-refractivity contribution in [1.29, 1.82) is 0 Å². The van der Waals surface area contributed by atoms with Crippen molar-refractivity contribution >= 4 is 5.97 Å². The first-order valence-electron chi connectivity index (χ1n) is 3.74. The van der Waals surface area contributed by atoms with E-state index >= 15 is 0 Å². The topological polar surface area (TPSA) is 89.3 Å². The number of hydrogen-bond acceptors (Lipinski definition) is 3. The highest BCUT2D eigenvalue weighted by atomic mass is 16.4. The van der Waals surface area contributed by atoms with E-state index in [2.05, 4.69) is 6.92 Å². The van der Waals surface area contributed by atoms with Crippen molar-refractivity contribution in [2.45, 2.75) is 32.7 Å². The Labute approximate surface area is 67.6 Å². The van der Waals surface area contributed by atoms with E-state index in [9.17, 15) is 4.79 Å². The molecule has 0 unspecified atom stereocenters. The molecule has 4 nitrogen and oxygen atoms in total. The quantitative estimate of drug-likeness (QED) is 0.551. The van der Waals surface area contributed by atoms with E-state index in [-0.39, 0.29) is 0 Å². The molecule has 0 aliphatic rings. The fourth-order valence-electron chi connectivity index (χ4n) is 0.204. The first kappa shape index (κ1) is 13.0. The van der Waals surface area contributed by atoms with Crippen molar-refractivity contribution < 1.29 is 9.90 Å². The predicted molar refractivity (Wildman–Crippen MR) is 45.2 cm³/mol. The minimum absolute atomic E-state index is 0.731. The SMILES string of the molecule is CCCCN.C[C@@H](N)C(=O)O. The number of unbranched alkanes of at least 4 members (excludes halogenated alkanes) is 1. The van der Waals surface area contributed by atoms with Crippen molar-refractivity contribution in [3.8, 4) is 0 Å². The van der Waals surface area contributed by atoms with Crippen molar-refractivity contribution in [3.63, 3.8) is 0 Å². The molecular formula is C7H18N2O2. The Balaban J connectivity index is 0. The lowest BCUT2D eigenvalue weighted by molar-refractivity contribution is -0.138. The van der Waals surface area contributed by atoms with Crippen molar-refractivity contribution in [3.05, 3.63) is 0 Å². The summed E-state index contributed by atoms with van der Waals surface area (Å²) in [6.45, 7) is 4.39. The van der Waals surface area contributed by atoms with Crippen LogP contribution in [0.15, 0.2) is 0 Å². The van der Waals surface area contributed by atoms with Crippen LogP contribution in [0.1, 0.15) is 26.7 Å². The normalized spacial score (nSPS) is 11.3. The van der Waals surface area contributed by atoms with Gasteiger partial charge < -0.3 is 16.6 Å². The van der Waals surface area contributed by atoms with Gasteiger partial charge in [-0.25, -0.2) is 0 Å². The molecule has 0 aromatic rings. The number of carboxylic acid groups (broad SMARTS) is 1. The molecule has 68 valence electrons. The van der Waals surface area contributed by atoms with Crippen molar-refractivity contribution in [1.82, 2.24) is 0 Å². The van der Waals surface area contributed by atoms with Gasteiger partial charge in [-0.15, -0.1) is 0 Å². The summed E-state index contributed by atoms with van der Waals surface area (Å²) < 4.78 is 0. The molecule has 4 heteroatoms. The van der Waals surface area contributed by atoms with Gasteiger partial charge in [0.1, 0.15) is 6.04 Å². The highest BCUT2D eigenvalue weighted by molar-refractivity contribution is 5.72. The number of nitrogens with two attached hydrogens (primary N) is 2. The molecule has 0 radical (unpaired) electrons. The number of hydrogen-bond donors (Lipinski definition) is 3. The zero-order valence-corrected chi connectivity index (χ0v) is 7.21. The van der Waals surface area contributed by atoms with Crippen LogP contribution in [0.2, 0.25) is 0 Å². The number of carboxylic acids is 1. The lowest BCUT2D eigenvalue weighted by Crippen LogP contribution is -2.25. The Kier molecular flexibility index (Phi) is 11.1. The smallest absolute Gasteiger partial charge is 0.320 e. The van der Waals surface area contributed by atoms with Gasteiger partial charge >= 0.3 is 5.97 Å². The number of carbonyl (C=O) groups is 1. The third-order valence-corrected chi connectivity index (χ3v) is 0.947. The maximum absolute atomic E-state index is 9.57. The van der Waals surface area contributed by atoms with Gasteiger partial charge in [-0.05, 0) is 19.9 Å². The highest BCUT2D eigenvalue weighted by Gasteiger charge is 1.99. The van der Waals surface area contributed by atoms with E-state index in [4.69, 9.17) is 16.6 Å². The fourth-order valence-corrected chi connectivity index (χ4v) is 0.204. The zero-order valence-electron chi connectivity index (χ0n) is 7.21. The molecule has 0 aliphatic carbocycles. The summed E-state index contributed by atoms with van der Waals surface area (Å²) >= 11 is 0. The van der Waals surface area contributed by atoms with Gasteiger partial charge in [0, 0.05) is 0 Å². The van der Waals surface area contributed by atoms with Crippen LogP contribution in [0, 0.1) is 0 Å². The Bertz CT molecular complexity index is 92.4. The third-order valence-electron chi connectivity index (χ3n) is 0.947. The monoisotopic (exact) mass is 162 g/mol. The van der Waals surface area contributed by atoms with E-state index in [0.717, 1.165) is 6.54 Å². The molecule has 0 aliphatic heterocycles. The molecule has 0 amide bonds. The second-order valence-electron chi connectivity index (χ2n) is 2.27. The van der Waals surface area contributed by atoms with E-state index < -0.39 is 12.0 Å². The summed E-state index contributed by atoms with van der Waals surface area (Å²) in [5.41, 5.74) is 9.97. The predicted octanol–water partition coefficient (Wildman–Crippen LogP) is 0.163. The summed E-state index contributed by atoms with van der Waals surface area (Å²) in [6.07, 6.45) is 2.39. The molecule has 5 N–H and O–H groups in total. The van der Waals surface area contributed by atoms with E-state index in [1.807, 2.05) is 0 Å². The standard InChI is InChI=1S/C4H11N.C3H7NO2/c1-2-3-4-5;1-2(4)3(5)6/h2-5H2,1H3;2H,4H2,1H3,(H,5,6)/t;2-/m.1/s1. The number of rotatable bonds is 3. The largest absolute Gasteiger partial charge is 0.480 e. The molecule has 11 heavy (non-hydrogen) atoms. The van der Waals surface area contributed by atoms with Crippen LogP contribution in [-0.4, -0.2) is 23.7 Å². The summed E-state index contributed by atoms with van der Waals surface area (Å²) in [4.78, 5) is 9.57. The average molecular weight is 162 g/mol. The fraction of sp³-hybridized carbons (Fsp3) is 0.857. The molecule has 0 heterocycles. The van der Waals surface area contributed by atoms with Crippen molar-refractivity contribution in [2.75, 3.05) is 6.54 Å². The molecule has 0 fully saturated rings. The molecule has 0 aromatic carbocycles. The molecule has 0 rings (SSSR count). The molecule has 0 bridgehead atoms. The number of aliphatic carboxylic acids is 1. The lowest BCUT2D eigenvalue weighted by Gasteiger charge is -1.90. The van der Waals surface area contributed by atoms with Crippen LogP contribution >= 0.6 is 0 Å². The Morgan fingerprint density at radius 2 is 2.00 bits per heavy atom. The van der Waals surface area contributed by atoms with Gasteiger partial charge in [0.15, 0.2) is 0 Å². The minimum atomic E-state index is -0.963. The van der Waals surface area contributed by atoms with Gasteiger partial charge in [-0.2, -0.15) is 0 Å². The summed E-state index contributed by atoms with van der Waals surface area (Å²) in [7, 11) is 0. The van der Waals surface area contributed by atoms with Gasteiger partial charge in [0.2, 0.25) is 0 Å². The second-order valence-corrected chi connectivity index (χ2v) is 2.27. The van der Waals surface area contributed by atoms with Crippen molar-refractivity contribution in [2.24, 2.45) is 11.5 Å². The molecule has 0 saturated heterocycles. The molecule has 1 atom stereocenters. The molecule has 0 aromatic heterocycles. The first-order chi connectivity index (χ1) is 5.06. The van der Waals surface area contributed by atoms with Gasteiger partial charge in [-0.1, -0.05) is 13.3 Å². The lowest BCUT2D eigenvalue weighted by atomic mass is 10.3. The summed E-state index contributed by atoms with van der Waals surface area (Å²) in [5.74, 6) is -0.963.